The van der Waals surface area contributed by atoms with Crippen LogP contribution in [-0.2, 0) is 23.6 Å². The smallest absolute Gasteiger partial charge is 0.338 e. The Bertz CT molecular complexity index is 1170. The summed E-state index contributed by atoms with van der Waals surface area (Å²) in [5.74, 6) is -2.12. The minimum atomic E-state index is -0.866. The van der Waals surface area contributed by atoms with Crippen molar-refractivity contribution in [2.45, 2.75) is 17.1 Å². The second-order valence-electron chi connectivity index (χ2n) is 6.43. The quantitative estimate of drug-likeness (QED) is 0.527. The molecule has 1 aromatic carbocycles. The number of ether oxygens (including phenoxy) is 1. The summed E-state index contributed by atoms with van der Waals surface area (Å²) in [6.45, 7) is 1.04. The van der Waals surface area contributed by atoms with E-state index >= 15 is 0 Å². The molecule has 0 fully saturated rings. The standard InChI is InChI=1S/C18H18N4O6S/c1-8-15(24)20-10-6-9(4-5-12(10)29-8)17(26)28-7-11(23)13-14(19)21(2)18(27)22(3)16(13)25/h4-6,8H,7,19H2,1-3H3,(H,20,24). The van der Waals surface area contributed by atoms with Gasteiger partial charge >= 0.3 is 11.7 Å². The number of hydrogen-bond acceptors (Lipinski definition) is 8. The molecule has 3 N–H and O–H groups in total. The van der Waals surface area contributed by atoms with E-state index in [0.29, 0.717) is 5.69 Å². The lowest BCUT2D eigenvalue weighted by molar-refractivity contribution is -0.115. The van der Waals surface area contributed by atoms with Crippen LogP contribution in [0.1, 0.15) is 27.6 Å². The molecule has 2 heterocycles. The molecule has 2 aromatic rings. The summed E-state index contributed by atoms with van der Waals surface area (Å²) in [5.41, 5.74) is 4.36. The lowest BCUT2D eigenvalue weighted by Gasteiger charge is -2.21. The summed E-state index contributed by atoms with van der Waals surface area (Å²) in [7, 11) is 2.54. The molecule has 10 nitrogen and oxygen atoms in total. The van der Waals surface area contributed by atoms with E-state index < -0.39 is 35.2 Å². The monoisotopic (exact) mass is 418 g/mol. The third kappa shape index (κ3) is 3.68. The number of ketones is 1. The first-order valence-corrected chi connectivity index (χ1v) is 9.37. The molecule has 0 bridgehead atoms. The van der Waals surface area contributed by atoms with E-state index in [9.17, 15) is 24.0 Å². The van der Waals surface area contributed by atoms with E-state index in [1.165, 1.54) is 38.0 Å². The Kier molecular flexibility index (Phi) is 5.33. The van der Waals surface area contributed by atoms with Gasteiger partial charge in [0.05, 0.1) is 16.5 Å². The van der Waals surface area contributed by atoms with Gasteiger partial charge in [-0.25, -0.2) is 9.59 Å². The minimum Gasteiger partial charge on any atom is -0.454 e. The second-order valence-corrected chi connectivity index (χ2v) is 7.81. The molecule has 1 atom stereocenters. The largest absolute Gasteiger partial charge is 0.454 e. The molecule has 1 unspecified atom stereocenters. The number of Topliss-reactive ketones (excluding diaryl/α,β-unsaturated/α-hetero) is 1. The molecular formula is C18H18N4O6S. The van der Waals surface area contributed by atoms with Crippen molar-refractivity contribution >= 4 is 40.9 Å². The molecule has 0 radical (unpaired) electrons. The molecule has 1 aliphatic rings. The number of carbonyl (C=O) groups excluding carboxylic acids is 3. The number of hydrogen-bond donors (Lipinski definition) is 2. The number of nitrogens with one attached hydrogen (secondary N) is 1. The van der Waals surface area contributed by atoms with Crippen molar-refractivity contribution in [1.82, 2.24) is 9.13 Å². The highest BCUT2D eigenvalue weighted by Gasteiger charge is 2.25. The zero-order chi connectivity index (χ0) is 21.5. The van der Waals surface area contributed by atoms with Crippen molar-refractivity contribution in [3.8, 4) is 0 Å². The van der Waals surface area contributed by atoms with Gasteiger partial charge in [-0.1, -0.05) is 0 Å². The Morgan fingerprint density at radius 2 is 1.90 bits per heavy atom. The van der Waals surface area contributed by atoms with E-state index in [-0.39, 0.29) is 22.5 Å². The first-order valence-electron chi connectivity index (χ1n) is 8.49. The fourth-order valence-corrected chi connectivity index (χ4v) is 3.67. The van der Waals surface area contributed by atoms with Crippen molar-refractivity contribution in [2.75, 3.05) is 17.7 Å². The first kappa shape index (κ1) is 20.4. The number of nitrogens with two attached hydrogens (primary N) is 1. The third-order valence-electron chi connectivity index (χ3n) is 4.47. The highest BCUT2D eigenvalue weighted by molar-refractivity contribution is 8.00. The first-order chi connectivity index (χ1) is 13.6. The maximum absolute atomic E-state index is 12.4. The van der Waals surface area contributed by atoms with Crippen LogP contribution in [0.4, 0.5) is 11.5 Å². The Labute approximate surface area is 168 Å². The van der Waals surface area contributed by atoms with E-state index in [1.807, 2.05) is 0 Å². The summed E-state index contributed by atoms with van der Waals surface area (Å²) in [6, 6.07) is 4.65. The fraction of sp³-hybridized carbons (Fsp3) is 0.278. The molecule has 0 spiro atoms. The average Bonchev–Trinajstić information content (AvgIpc) is 2.69. The Morgan fingerprint density at radius 1 is 1.21 bits per heavy atom. The Hall–Kier alpha value is -3.34. The summed E-state index contributed by atoms with van der Waals surface area (Å²) < 4.78 is 6.71. The van der Waals surface area contributed by atoms with Gasteiger partial charge in [0, 0.05) is 19.0 Å². The zero-order valence-corrected chi connectivity index (χ0v) is 16.7. The molecule has 0 aliphatic carbocycles. The van der Waals surface area contributed by atoms with Crippen LogP contribution in [0.25, 0.3) is 0 Å². The zero-order valence-electron chi connectivity index (χ0n) is 15.8. The number of nitrogens with zero attached hydrogens (tertiary/aromatic N) is 2. The SMILES string of the molecule is CC1Sc2ccc(C(=O)OCC(=O)c3c(N)n(C)c(=O)n(C)c3=O)cc2NC1=O. The molecule has 29 heavy (non-hydrogen) atoms. The number of thioether (sulfide) groups is 1. The van der Waals surface area contributed by atoms with Crippen LogP contribution < -0.4 is 22.3 Å². The number of esters is 1. The molecule has 1 aromatic heterocycles. The van der Waals surface area contributed by atoms with Crippen molar-refractivity contribution in [3.05, 3.63) is 50.2 Å². The van der Waals surface area contributed by atoms with E-state index in [2.05, 4.69) is 5.32 Å². The van der Waals surface area contributed by atoms with Crippen molar-refractivity contribution < 1.29 is 19.1 Å². The molecule has 152 valence electrons. The maximum Gasteiger partial charge on any atom is 0.338 e. The Morgan fingerprint density at radius 3 is 2.59 bits per heavy atom. The maximum atomic E-state index is 12.4. The van der Waals surface area contributed by atoms with Crippen LogP contribution in [0.15, 0.2) is 32.7 Å². The van der Waals surface area contributed by atoms with Gasteiger partial charge in [0.25, 0.3) is 5.56 Å². The van der Waals surface area contributed by atoms with Crippen molar-refractivity contribution in [3.63, 3.8) is 0 Å². The van der Waals surface area contributed by atoms with Crippen molar-refractivity contribution in [2.24, 2.45) is 14.1 Å². The van der Waals surface area contributed by atoms with Gasteiger partial charge in [-0.2, -0.15) is 0 Å². The molecule has 1 aliphatic heterocycles. The molecular weight excluding hydrogens is 400 g/mol. The molecule has 0 saturated heterocycles. The molecule has 1 amide bonds. The van der Waals surface area contributed by atoms with Gasteiger partial charge in [-0.05, 0) is 25.1 Å². The van der Waals surface area contributed by atoms with Gasteiger partial charge in [-0.3, -0.25) is 23.5 Å². The normalized spacial score (nSPS) is 15.4. The van der Waals surface area contributed by atoms with Crippen LogP contribution >= 0.6 is 11.8 Å². The fourth-order valence-electron chi connectivity index (χ4n) is 2.74. The predicted molar refractivity (Wildman–Crippen MR) is 106 cm³/mol. The summed E-state index contributed by atoms with van der Waals surface area (Å²) in [5, 5.41) is 2.46. The third-order valence-corrected chi connectivity index (χ3v) is 5.65. The number of nitrogen functional groups attached to an aromatic ring is 1. The number of fused-ring (bicyclic) bond motifs is 1. The van der Waals surface area contributed by atoms with Crippen LogP contribution in [0.2, 0.25) is 0 Å². The van der Waals surface area contributed by atoms with Gasteiger partial charge in [0.15, 0.2) is 6.61 Å². The second kappa shape index (κ2) is 7.59. The number of amides is 1. The topological polar surface area (TPSA) is 142 Å². The predicted octanol–water partition coefficient (Wildman–Crippen LogP) is 0.139. The average molecular weight is 418 g/mol. The van der Waals surface area contributed by atoms with E-state index in [0.717, 1.165) is 14.0 Å². The number of benzene rings is 1. The summed E-state index contributed by atoms with van der Waals surface area (Å²) in [4.78, 5) is 61.3. The van der Waals surface area contributed by atoms with Crippen LogP contribution in [0.5, 0.6) is 0 Å². The van der Waals surface area contributed by atoms with E-state index in [4.69, 9.17) is 10.5 Å². The minimum absolute atomic E-state index is 0.133. The molecule has 3 rings (SSSR count). The Balaban J connectivity index is 1.78. The van der Waals surface area contributed by atoms with Crippen molar-refractivity contribution in [1.29, 1.82) is 0 Å². The number of rotatable bonds is 4. The van der Waals surface area contributed by atoms with Gasteiger partial charge in [-0.15, -0.1) is 11.8 Å². The highest BCUT2D eigenvalue weighted by Crippen LogP contribution is 2.36. The van der Waals surface area contributed by atoms with Gasteiger partial charge < -0.3 is 15.8 Å². The lowest BCUT2D eigenvalue weighted by atomic mass is 10.2. The number of anilines is 2. The summed E-state index contributed by atoms with van der Waals surface area (Å²) in [6.07, 6.45) is 0. The van der Waals surface area contributed by atoms with Crippen LogP contribution in [0, 0.1) is 0 Å². The van der Waals surface area contributed by atoms with Gasteiger partial charge in [0.2, 0.25) is 11.7 Å². The molecule has 0 saturated carbocycles. The molecule has 11 heteroatoms. The van der Waals surface area contributed by atoms with Crippen LogP contribution in [0.3, 0.4) is 0 Å². The number of aromatic nitrogens is 2. The highest BCUT2D eigenvalue weighted by atomic mass is 32.2. The lowest BCUT2D eigenvalue weighted by Crippen LogP contribution is -2.42. The van der Waals surface area contributed by atoms with Crippen LogP contribution in [-0.4, -0.2) is 38.7 Å². The van der Waals surface area contributed by atoms with Gasteiger partial charge in [0.1, 0.15) is 11.4 Å². The number of carbonyl (C=O) groups is 3. The summed E-state index contributed by atoms with van der Waals surface area (Å²) >= 11 is 1.37. The van der Waals surface area contributed by atoms with E-state index in [1.54, 1.807) is 13.0 Å².